The molecule has 6 nitrogen and oxygen atoms in total. The molecule has 3 fully saturated rings. The van der Waals surface area contributed by atoms with E-state index in [9.17, 15) is 9.90 Å². The quantitative estimate of drug-likeness (QED) is 0.594. The summed E-state index contributed by atoms with van der Waals surface area (Å²) in [6.45, 7) is 3.30. The molecular formula is C30H35NO5. The van der Waals surface area contributed by atoms with Gasteiger partial charge in [0.2, 0.25) is 0 Å². The van der Waals surface area contributed by atoms with Crippen molar-refractivity contribution >= 4 is 5.78 Å². The lowest BCUT2D eigenvalue weighted by Gasteiger charge is -2.64. The first kappa shape index (κ1) is 22.8. The summed E-state index contributed by atoms with van der Waals surface area (Å²) in [4.78, 5) is 15.9. The number of Topliss-reactive ketones (excluding diaryl/α,β-unsaturated/α-hetero) is 1. The number of aryl methyl sites for hydroxylation is 1. The van der Waals surface area contributed by atoms with Crippen molar-refractivity contribution in [1.29, 1.82) is 0 Å². The maximum Gasteiger partial charge on any atom is 0.174 e. The van der Waals surface area contributed by atoms with Crippen LogP contribution >= 0.6 is 0 Å². The Balaban J connectivity index is 1.27. The number of carbonyl (C=O) groups excluding carboxylic acids is 1. The van der Waals surface area contributed by atoms with Crippen LogP contribution in [0, 0.1) is 0 Å². The van der Waals surface area contributed by atoms with E-state index in [1.54, 1.807) is 6.07 Å². The number of nitrogens with zero attached hydrogens (tertiary/aromatic N) is 1. The van der Waals surface area contributed by atoms with Gasteiger partial charge in [0.25, 0.3) is 0 Å². The summed E-state index contributed by atoms with van der Waals surface area (Å²) in [6.07, 6.45) is 6.64. The Morgan fingerprint density at radius 1 is 1.14 bits per heavy atom. The van der Waals surface area contributed by atoms with Gasteiger partial charge in [0.15, 0.2) is 23.4 Å². The van der Waals surface area contributed by atoms with Gasteiger partial charge in [-0.25, -0.2) is 0 Å². The van der Waals surface area contributed by atoms with Gasteiger partial charge < -0.3 is 19.3 Å². The Kier molecular flexibility index (Phi) is 5.42. The molecule has 2 unspecified atom stereocenters. The summed E-state index contributed by atoms with van der Waals surface area (Å²) < 4.78 is 19.5. The second kappa shape index (κ2) is 8.57. The van der Waals surface area contributed by atoms with Crippen molar-refractivity contribution in [1.82, 2.24) is 4.90 Å². The number of rotatable bonds is 7. The van der Waals surface area contributed by atoms with E-state index >= 15 is 0 Å². The normalized spacial score (nSPS) is 34.4. The fraction of sp³-hybridized carbons (Fsp3) is 0.567. The second-order valence-corrected chi connectivity index (χ2v) is 11.3. The molecule has 5 atom stereocenters. The zero-order chi connectivity index (χ0) is 24.3. The van der Waals surface area contributed by atoms with Gasteiger partial charge in [-0.2, -0.15) is 0 Å². The summed E-state index contributed by atoms with van der Waals surface area (Å²) in [5.74, 6) is 0.813. The predicted molar refractivity (Wildman–Crippen MR) is 135 cm³/mol. The monoisotopic (exact) mass is 489 g/mol. The first-order valence-electron chi connectivity index (χ1n) is 13.7. The van der Waals surface area contributed by atoms with Crippen LogP contribution in [-0.4, -0.2) is 65.9 Å². The molecule has 0 amide bonds. The molecule has 0 aromatic heterocycles. The smallest absolute Gasteiger partial charge is 0.174 e. The molecule has 1 spiro atoms. The number of ketones is 1. The summed E-state index contributed by atoms with van der Waals surface area (Å²) in [6, 6.07) is 14.5. The minimum atomic E-state index is -0.574. The van der Waals surface area contributed by atoms with Gasteiger partial charge in [0.1, 0.15) is 0 Å². The third-order valence-corrected chi connectivity index (χ3v) is 9.60. The highest BCUT2D eigenvalue weighted by molar-refractivity contribution is 5.90. The standard InChI is InChI=1S/C30H35NO5/c32-23-11-10-21-18-25-30(35-17-4-8-20-6-2-1-3-7-20)13-12-24(33)28-29(30,26(21)27(23)36-28)14-15-31(25)19-22-9-5-16-34-22/h1-3,6-7,10-11,22,25,28,32H,4-5,8-9,12-19H2/t22?,25-,28?,29+,30-/m1/s1. The van der Waals surface area contributed by atoms with Crippen LogP contribution in [0.1, 0.15) is 55.2 Å². The van der Waals surface area contributed by atoms with E-state index in [-0.39, 0.29) is 23.7 Å². The van der Waals surface area contributed by atoms with Crippen molar-refractivity contribution in [3.63, 3.8) is 0 Å². The number of phenols is 1. The topological polar surface area (TPSA) is 68.2 Å². The fourth-order valence-corrected chi connectivity index (χ4v) is 8.12. The predicted octanol–water partition coefficient (Wildman–Crippen LogP) is 3.95. The molecule has 2 aliphatic carbocycles. The van der Waals surface area contributed by atoms with Crippen molar-refractivity contribution in [2.45, 2.75) is 80.6 Å². The molecule has 3 heterocycles. The molecule has 7 rings (SSSR count). The van der Waals surface area contributed by atoms with Crippen LogP contribution in [0.2, 0.25) is 0 Å². The van der Waals surface area contributed by atoms with Crippen molar-refractivity contribution in [3.05, 3.63) is 59.2 Å². The van der Waals surface area contributed by atoms with Gasteiger partial charge in [-0.05, 0) is 68.7 Å². The lowest BCUT2D eigenvalue weighted by Crippen LogP contribution is -2.77. The van der Waals surface area contributed by atoms with Crippen LogP contribution in [0.5, 0.6) is 11.5 Å². The van der Waals surface area contributed by atoms with Crippen LogP contribution in [0.4, 0.5) is 0 Å². The van der Waals surface area contributed by atoms with Crippen molar-refractivity contribution in [2.24, 2.45) is 0 Å². The van der Waals surface area contributed by atoms with Crippen LogP contribution in [0.3, 0.4) is 0 Å². The number of phenolic OH excluding ortho intramolecular Hbond substituents is 1. The highest BCUT2D eigenvalue weighted by atomic mass is 16.5. The lowest BCUT2D eigenvalue weighted by atomic mass is 9.48. The third kappa shape index (κ3) is 3.17. The minimum Gasteiger partial charge on any atom is -0.504 e. The van der Waals surface area contributed by atoms with Crippen LogP contribution in [-0.2, 0) is 32.5 Å². The minimum absolute atomic E-state index is 0.142. The molecular weight excluding hydrogens is 454 g/mol. The number of likely N-dealkylation sites (tertiary alicyclic amines) is 1. The van der Waals surface area contributed by atoms with Crippen molar-refractivity contribution in [2.75, 3.05) is 26.3 Å². The third-order valence-electron chi connectivity index (χ3n) is 9.60. The Hall–Kier alpha value is -2.41. The Labute approximate surface area is 212 Å². The van der Waals surface area contributed by atoms with E-state index in [2.05, 4.69) is 29.2 Å². The highest BCUT2D eigenvalue weighted by Gasteiger charge is 2.74. The summed E-state index contributed by atoms with van der Waals surface area (Å²) in [5.41, 5.74) is 2.53. The number of piperidine rings is 1. The number of benzene rings is 2. The van der Waals surface area contributed by atoms with Gasteiger partial charge in [0, 0.05) is 37.8 Å². The molecule has 36 heavy (non-hydrogen) atoms. The molecule has 2 aromatic carbocycles. The molecule has 3 aliphatic heterocycles. The Bertz CT molecular complexity index is 1160. The lowest BCUT2D eigenvalue weighted by molar-refractivity contribution is -0.215. The zero-order valence-electron chi connectivity index (χ0n) is 20.8. The molecule has 6 heteroatoms. The van der Waals surface area contributed by atoms with E-state index < -0.39 is 17.1 Å². The van der Waals surface area contributed by atoms with Crippen LogP contribution in [0.25, 0.3) is 0 Å². The molecule has 190 valence electrons. The van der Waals surface area contributed by atoms with Crippen molar-refractivity contribution in [3.8, 4) is 11.5 Å². The Morgan fingerprint density at radius 2 is 2.03 bits per heavy atom. The van der Waals surface area contributed by atoms with E-state index in [4.69, 9.17) is 14.2 Å². The number of aromatic hydroxyl groups is 1. The SMILES string of the molecule is O=C1CC[C@@]2(OCCCc3ccccc3)[C@H]3Cc4ccc(O)c5c4[C@@]2(CCN3CC2CCCO2)C1O5. The highest BCUT2D eigenvalue weighted by Crippen LogP contribution is 2.66. The second-order valence-electron chi connectivity index (χ2n) is 11.3. The maximum atomic E-state index is 13.4. The van der Waals surface area contributed by atoms with Crippen LogP contribution < -0.4 is 4.74 Å². The molecule has 2 bridgehead atoms. The summed E-state index contributed by atoms with van der Waals surface area (Å²) in [5, 5.41) is 10.8. The number of hydrogen-bond donors (Lipinski definition) is 1. The van der Waals surface area contributed by atoms with E-state index in [1.165, 1.54) is 11.1 Å². The zero-order valence-corrected chi connectivity index (χ0v) is 20.8. The molecule has 1 N–H and O–H groups in total. The summed E-state index contributed by atoms with van der Waals surface area (Å²) >= 11 is 0. The van der Waals surface area contributed by atoms with Gasteiger partial charge in [-0.3, -0.25) is 9.69 Å². The van der Waals surface area contributed by atoms with Crippen molar-refractivity contribution < 1.29 is 24.1 Å². The largest absolute Gasteiger partial charge is 0.504 e. The molecule has 1 saturated carbocycles. The maximum absolute atomic E-state index is 13.4. The first-order valence-corrected chi connectivity index (χ1v) is 13.7. The molecule has 0 radical (unpaired) electrons. The molecule has 5 aliphatic rings. The summed E-state index contributed by atoms with van der Waals surface area (Å²) in [7, 11) is 0. The fourth-order valence-electron chi connectivity index (χ4n) is 8.12. The van der Waals surface area contributed by atoms with Crippen LogP contribution in [0.15, 0.2) is 42.5 Å². The average molecular weight is 490 g/mol. The van der Waals surface area contributed by atoms with Gasteiger partial charge >= 0.3 is 0 Å². The molecule has 2 saturated heterocycles. The van der Waals surface area contributed by atoms with Gasteiger partial charge in [-0.1, -0.05) is 36.4 Å². The number of hydrogen-bond acceptors (Lipinski definition) is 6. The molecule has 2 aromatic rings. The number of ether oxygens (including phenoxy) is 3. The first-order chi connectivity index (χ1) is 17.6. The Morgan fingerprint density at radius 3 is 2.86 bits per heavy atom. The number of carbonyl (C=O) groups is 1. The van der Waals surface area contributed by atoms with Gasteiger partial charge in [0.05, 0.1) is 17.1 Å². The van der Waals surface area contributed by atoms with E-state index in [1.807, 2.05) is 12.1 Å². The van der Waals surface area contributed by atoms with E-state index in [0.717, 1.165) is 63.8 Å². The van der Waals surface area contributed by atoms with Gasteiger partial charge in [-0.15, -0.1) is 0 Å². The average Bonchev–Trinajstić information content (AvgIpc) is 3.53. The van der Waals surface area contributed by atoms with E-state index in [0.29, 0.717) is 25.2 Å².